The molecular weight excluding hydrogens is 1090 g/mol. The molecule has 9 nitrogen and oxygen atoms in total. The molecule has 59 heavy (non-hydrogen) atoms. The van der Waals surface area contributed by atoms with Crippen LogP contribution in [0.25, 0.3) is 0 Å². The minimum absolute atomic E-state index is 0. The van der Waals surface area contributed by atoms with Gasteiger partial charge in [0.05, 0.1) is 18.7 Å². The van der Waals surface area contributed by atoms with Crippen LogP contribution in [-0.2, 0) is 38.3 Å². The summed E-state index contributed by atoms with van der Waals surface area (Å²) in [7, 11) is -7.73. The second kappa shape index (κ2) is 42.2. The Hall–Kier alpha value is 1.52. The number of aliphatic hydroxyl groups excluding tert-OH is 1. The molecule has 0 spiro atoms. The number of aryl methyl sites for hydroxylation is 3. The van der Waals surface area contributed by atoms with Crippen LogP contribution < -0.4 is 56.7 Å². The van der Waals surface area contributed by atoms with Crippen molar-refractivity contribution in [2.24, 2.45) is 0 Å². The summed E-state index contributed by atoms with van der Waals surface area (Å²) >= 11 is 14.1. The molecule has 0 unspecified atom stereocenters. The van der Waals surface area contributed by atoms with Gasteiger partial charge in [-0.25, -0.2) is 25.3 Å². The smallest absolute Gasteiger partial charge is 0.644 e. The van der Waals surface area contributed by atoms with Crippen molar-refractivity contribution in [1.82, 2.24) is 10.2 Å². The third-order valence-corrected chi connectivity index (χ3v) is 17.3. The summed E-state index contributed by atoms with van der Waals surface area (Å²) in [6.07, 6.45) is 2.98. The molecule has 0 aliphatic heterocycles. The van der Waals surface area contributed by atoms with E-state index in [4.69, 9.17) is 5.11 Å². The molecule has 3 aromatic carbocycles. The maximum atomic E-state index is 12.1. The number of nitrogens with zero attached hydrogens (tertiary/aromatic N) is 1. The molecule has 0 aliphatic carbocycles. The number of alkyl halides is 3. The molecule has 0 aliphatic rings. The van der Waals surface area contributed by atoms with Crippen LogP contribution in [0, 0.1) is 20.8 Å². The second-order valence-corrected chi connectivity index (χ2v) is 25.0. The number of hydrogen-bond donors (Lipinski definition) is 2. The van der Waals surface area contributed by atoms with E-state index >= 15 is 0 Å². The second-order valence-electron chi connectivity index (χ2n) is 11.9. The van der Waals surface area contributed by atoms with Crippen LogP contribution in [0.15, 0.2) is 87.5 Å². The Morgan fingerprint density at radius 2 is 0.881 bits per heavy atom. The normalized spacial score (nSPS) is 10.7. The third-order valence-electron chi connectivity index (χ3n) is 6.96. The monoisotopic (exact) mass is 1150 g/mol. The topological polar surface area (TPSA) is 138 Å². The Balaban J connectivity index is -0.000000338. The van der Waals surface area contributed by atoms with E-state index in [-0.39, 0.29) is 62.9 Å². The minimum Gasteiger partial charge on any atom is -0.644 e. The first-order valence-corrected chi connectivity index (χ1v) is 30.7. The van der Waals surface area contributed by atoms with Gasteiger partial charge in [-0.3, -0.25) is 0 Å². The Morgan fingerprint density at radius 3 is 1.12 bits per heavy atom. The zero-order valence-corrected chi connectivity index (χ0v) is 49.0. The van der Waals surface area contributed by atoms with Gasteiger partial charge in [-0.05, 0) is 138 Å². The predicted octanol–water partition coefficient (Wildman–Crippen LogP) is 7.37. The van der Waals surface area contributed by atoms with Gasteiger partial charge >= 0.3 is 51.4 Å². The Kier molecular flexibility index (Phi) is 48.0. The quantitative estimate of drug-likeness (QED) is 0.0433. The van der Waals surface area contributed by atoms with E-state index < -0.39 is 26.6 Å². The van der Waals surface area contributed by atoms with Crippen LogP contribution in [0.1, 0.15) is 70.6 Å². The summed E-state index contributed by atoms with van der Waals surface area (Å²) in [5, 5.41) is 13.7. The maximum Gasteiger partial charge on any atom is 1.00 e. The predicted molar refractivity (Wildman–Crippen MR) is 267 cm³/mol. The fourth-order valence-corrected chi connectivity index (χ4v) is 12.2. The Labute approximate surface area is 439 Å². The fraction of sp³-hybridized carbons (Fsp3) is 0.550. The molecule has 0 atom stereocenters. The molecule has 3 rings (SSSR count). The van der Waals surface area contributed by atoms with Crippen molar-refractivity contribution in [3.05, 3.63) is 89.5 Å². The van der Waals surface area contributed by atoms with Crippen LogP contribution in [0.3, 0.4) is 0 Å². The van der Waals surface area contributed by atoms with Crippen LogP contribution >= 0.6 is 69.4 Å². The standard InChI is InChI=1S/C14H23NO2S2.C10H13BrO2S2.C7H8O2S2.C4H11N.C3H6Br2.C2H6O.K/c1-4-15(5-2)11-6-12-18-19(16,17)14-9-7-13(3)8-10-14;1-9-3-5-10(6-4-9)15(12,13)14-8-2-7-11;1-6-2-4-7(5-3-6)11(8,9)10;1-3-5-4-2;4-2-1-3-5;1-2-3;/h7-10H,4-6,11-12H2,1-3H3;3-6H,2,7-8H2,1H3;2-5H,1H3,(H,8,9,10);5H,3-4H2,1-2H3;1-3H2;3H,2H2,1H3;/q;;;;;;+1/p-1. The van der Waals surface area contributed by atoms with Gasteiger partial charge in [-0.15, -0.1) is 0 Å². The maximum absolute atomic E-state index is 12.1. The molecule has 19 heteroatoms. The van der Waals surface area contributed by atoms with E-state index in [0.717, 1.165) is 99.8 Å². The van der Waals surface area contributed by atoms with Crippen molar-refractivity contribution in [1.29, 1.82) is 0 Å². The number of benzene rings is 3. The van der Waals surface area contributed by atoms with E-state index in [1.807, 2.05) is 45.0 Å². The van der Waals surface area contributed by atoms with Crippen molar-refractivity contribution in [3.8, 4) is 0 Å². The first-order chi connectivity index (χ1) is 27.3. The molecule has 0 amide bonds. The van der Waals surface area contributed by atoms with Crippen LogP contribution in [0.5, 0.6) is 0 Å². The summed E-state index contributed by atoms with van der Waals surface area (Å²) in [6.45, 7) is 21.3. The average molecular weight is 1160 g/mol. The molecule has 0 heterocycles. The van der Waals surface area contributed by atoms with Gasteiger partial charge in [0.15, 0.2) is 0 Å². The number of halogens is 3. The van der Waals surface area contributed by atoms with Gasteiger partial charge in [0.25, 0.3) is 0 Å². The van der Waals surface area contributed by atoms with Gasteiger partial charge in [0.2, 0.25) is 17.7 Å². The van der Waals surface area contributed by atoms with Crippen molar-refractivity contribution in [3.63, 3.8) is 0 Å². The minimum atomic E-state index is -3.44. The van der Waals surface area contributed by atoms with Gasteiger partial charge in [0, 0.05) is 39.0 Å². The van der Waals surface area contributed by atoms with Crippen molar-refractivity contribution >= 4 is 108 Å². The first kappa shape index (κ1) is 67.1. The average Bonchev–Trinajstić information content (AvgIpc) is 3.17. The van der Waals surface area contributed by atoms with E-state index in [2.05, 4.69) is 97.4 Å². The Bertz CT molecular complexity index is 1730. The van der Waals surface area contributed by atoms with Crippen LogP contribution in [0.4, 0.5) is 0 Å². The number of hydrogen-bond acceptors (Lipinski definition) is 12. The zero-order valence-electron chi connectivity index (χ0n) is 36.3. The summed E-state index contributed by atoms with van der Waals surface area (Å²) in [5.41, 5.74) is 3.16. The van der Waals surface area contributed by atoms with E-state index in [9.17, 15) is 25.3 Å². The molecule has 336 valence electrons. The molecule has 0 aromatic heterocycles. The van der Waals surface area contributed by atoms with Gasteiger partial charge in [0.1, 0.15) is 0 Å². The SMILES string of the molecule is BrCCCBr.CCN(CC)CCCSS(=O)(=O)c1ccc(C)cc1.CCNCC.CCO.Cc1ccc(S(=O)(=O)SCCCBr)cc1.Cc1ccc(S(=O)(=O)[S-])cc1.[K+]. The fourth-order valence-electron chi connectivity index (χ4n) is 3.77. The molecule has 0 saturated carbocycles. The Morgan fingerprint density at radius 1 is 0.576 bits per heavy atom. The molecule has 3 aromatic rings. The first-order valence-electron chi connectivity index (χ1n) is 19.0. The molecule has 0 saturated heterocycles. The molecule has 0 bridgehead atoms. The third kappa shape index (κ3) is 38.5. The van der Waals surface area contributed by atoms with Gasteiger partial charge < -0.3 is 27.0 Å². The molecule has 0 fully saturated rings. The summed E-state index contributed by atoms with van der Waals surface area (Å²) in [4.78, 5) is 3.30. The van der Waals surface area contributed by atoms with E-state index in [1.54, 1.807) is 43.3 Å². The van der Waals surface area contributed by atoms with Crippen LogP contribution in [-0.4, -0.2) is 102 Å². The summed E-state index contributed by atoms with van der Waals surface area (Å²) in [6, 6.07) is 20.5. The van der Waals surface area contributed by atoms with Crippen molar-refractivity contribution in [2.75, 3.05) is 66.8 Å². The van der Waals surface area contributed by atoms with E-state index in [1.165, 1.54) is 18.6 Å². The molecular formula is C40H66Br3KN2O7S6. The van der Waals surface area contributed by atoms with Gasteiger partial charge in [-0.2, -0.15) is 0 Å². The van der Waals surface area contributed by atoms with Crippen molar-refractivity contribution < 1.29 is 81.7 Å². The summed E-state index contributed by atoms with van der Waals surface area (Å²) < 4.78 is 69.2. The van der Waals surface area contributed by atoms with Gasteiger partial charge in [-0.1, -0.05) is 129 Å². The van der Waals surface area contributed by atoms with Crippen molar-refractivity contribution in [2.45, 2.75) is 89.3 Å². The van der Waals surface area contributed by atoms with Crippen LogP contribution in [0.2, 0.25) is 0 Å². The molecule has 2 N–H and O–H groups in total. The number of nitrogens with one attached hydrogen (secondary N) is 1. The summed E-state index contributed by atoms with van der Waals surface area (Å²) in [5.74, 6) is 1.27. The zero-order chi connectivity index (χ0) is 45.0. The number of rotatable bonds is 18. The number of aliphatic hydroxyl groups is 1. The molecule has 0 radical (unpaired) electrons. The largest absolute Gasteiger partial charge is 1.00 e. The van der Waals surface area contributed by atoms with E-state index in [0.29, 0.717) is 21.3 Å².